The highest BCUT2D eigenvalue weighted by Gasteiger charge is 2.45. The second kappa shape index (κ2) is 8.81. The van der Waals surface area contributed by atoms with Gasteiger partial charge in [0.25, 0.3) is 0 Å². The maximum Gasteiger partial charge on any atom is 0.418 e. The van der Waals surface area contributed by atoms with Crippen molar-refractivity contribution in [3.63, 3.8) is 0 Å². The summed E-state index contributed by atoms with van der Waals surface area (Å²) in [6.07, 6.45) is -0.581. The van der Waals surface area contributed by atoms with Crippen molar-refractivity contribution in [2.75, 3.05) is 6.61 Å². The lowest BCUT2D eigenvalue weighted by Gasteiger charge is -2.39. The Morgan fingerprint density at radius 3 is 1.61 bits per heavy atom. The van der Waals surface area contributed by atoms with Crippen LogP contribution in [0.25, 0.3) is 0 Å². The first-order chi connectivity index (χ1) is 14.2. The summed E-state index contributed by atoms with van der Waals surface area (Å²) in [5.74, 6) is -0.745. The molecule has 5 heteroatoms. The van der Waals surface area contributed by atoms with E-state index >= 15 is 0 Å². The minimum absolute atomic E-state index is 0.0974. The van der Waals surface area contributed by atoms with Gasteiger partial charge < -0.3 is 4.74 Å². The summed E-state index contributed by atoms with van der Waals surface area (Å²) in [6.45, 7) is 16.5. The molecule has 0 fully saturated rings. The lowest BCUT2D eigenvalue weighted by atomic mass is 9.69. The molecule has 0 radical (unpaired) electrons. The number of amides is 1. The number of allylic oxidation sites excluding steroid dienone is 4. The average Bonchev–Trinajstić information content (AvgIpc) is 2.66. The number of carbonyl (C=O) groups excluding carboxylic acids is 3. The van der Waals surface area contributed by atoms with Gasteiger partial charge in [0.05, 0.1) is 6.61 Å². The zero-order valence-electron chi connectivity index (χ0n) is 20.3. The van der Waals surface area contributed by atoms with E-state index in [1.165, 1.54) is 4.90 Å². The van der Waals surface area contributed by atoms with E-state index in [-0.39, 0.29) is 18.2 Å². The molecule has 0 saturated heterocycles. The second-order valence-corrected chi connectivity index (χ2v) is 10.0. The minimum Gasteiger partial charge on any atom is -0.449 e. The highest BCUT2D eigenvalue weighted by Crippen LogP contribution is 2.46. The van der Waals surface area contributed by atoms with Gasteiger partial charge in [-0.15, -0.1) is 0 Å². The van der Waals surface area contributed by atoms with Gasteiger partial charge in [-0.3, -0.25) is 14.5 Å². The average molecular weight is 426 g/mol. The zero-order chi connectivity index (χ0) is 23.7. The maximum atomic E-state index is 13.7. The van der Waals surface area contributed by atoms with Crippen LogP contribution in [-0.4, -0.2) is 29.2 Å². The van der Waals surface area contributed by atoms with Crippen molar-refractivity contribution < 1.29 is 19.1 Å². The summed E-state index contributed by atoms with van der Waals surface area (Å²) in [7, 11) is 0. The molecule has 1 aliphatic heterocycles. The topological polar surface area (TPSA) is 63.7 Å². The number of ether oxygens (including phenoxy) is 1. The molecule has 0 bridgehead atoms. The molecule has 2 rings (SSSR count). The predicted molar refractivity (Wildman–Crippen MR) is 122 cm³/mol. The van der Waals surface area contributed by atoms with Gasteiger partial charge in [0.2, 0.25) is 0 Å². The summed E-state index contributed by atoms with van der Waals surface area (Å²) >= 11 is 0. The first-order valence-electron chi connectivity index (χ1n) is 10.8. The Labute approximate surface area is 186 Å². The van der Waals surface area contributed by atoms with Gasteiger partial charge in [0.15, 0.2) is 11.6 Å². The lowest BCUT2D eigenvalue weighted by molar-refractivity contribution is -0.123. The molecular weight excluding hydrogens is 390 g/mol. The van der Waals surface area contributed by atoms with E-state index in [9.17, 15) is 14.4 Å². The Balaban J connectivity index is 2.93. The Morgan fingerprint density at radius 2 is 1.26 bits per heavy atom. The van der Waals surface area contributed by atoms with Crippen LogP contribution in [0.2, 0.25) is 0 Å². The number of Topliss-reactive ketones (excluding diaryl/α,β-unsaturated/α-hetero) is 2. The van der Waals surface area contributed by atoms with Crippen molar-refractivity contribution in [3.8, 4) is 0 Å². The van der Waals surface area contributed by atoms with E-state index in [0.717, 1.165) is 5.56 Å². The van der Waals surface area contributed by atoms with Gasteiger partial charge in [-0.1, -0.05) is 71.9 Å². The molecule has 1 aliphatic rings. The van der Waals surface area contributed by atoms with Crippen molar-refractivity contribution in [1.29, 1.82) is 0 Å². The number of nitrogens with zero attached hydrogens (tertiary/aromatic N) is 1. The van der Waals surface area contributed by atoms with Gasteiger partial charge in [-0.25, -0.2) is 4.79 Å². The fraction of sp³-hybridized carbons (Fsp3) is 0.500. The fourth-order valence-electron chi connectivity index (χ4n) is 3.89. The summed E-state index contributed by atoms with van der Waals surface area (Å²) in [5.41, 5.74) is 1.42. The molecule has 0 atom stereocenters. The van der Waals surface area contributed by atoms with Crippen molar-refractivity contribution >= 4 is 17.7 Å². The van der Waals surface area contributed by atoms with Crippen molar-refractivity contribution in [3.05, 3.63) is 58.4 Å². The molecule has 0 unspecified atom stereocenters. The SMILES string of the molecule is CCOC(=O)N1C(C)=C(C(=O)C(C)(C)C)C(c2ccccc2)C(C(=O)C(C)(C)C)=C1C. The number of ketones is 2. The molecule has 0 aromatic heterocycles. The third-order valence-electron chi connectivity index (χ3n) is 5.46. The van der Waals surface area contributed by atoms with E-state index in [2.05, 4.69) is 0 Å². The zero-order valence-corrected chi connectivity index (χ0v) is 20.3. The first kappa shape index (κ1) is 24.6. The van der Waals surface area contributed by atoms with E-state index in [1.807, 2.05) is 71.9 Å². The van der Waals surface area contributed by atoms with Crippen LogP contribution in [0.3, 0.4) is 0 Å². The van der Waals surface area contributed by atoms with Crippen LogP contribution in [0, 0.1) is 10.8 Å². The molecule has 168 valence electrons. The molecule has 1 aromatic rings. The first-order valence-corrected chi connectivity index (χ1v) is 10.8. The molecule has 31 heavy (non-hydrogen) atoms. The van der Waals surface area contributed by atoms with Crippen LogP contribution in [0.4, 0.5) is 4.79 Å². The molecule has 0 aliphatic carbocycles. The Bertz CT molecular complexity index is 890. The van der Waals surface area contributed by atoms with Gasteiger partial charge in [-0.05, 0) is 26.3 Å². The van der Waals surface area contributed by atoms with Crippen LogP contribution in [-0.2, 0) is 14.3 Å². The smallest absolute Gasteiger partial charge is 0.418 e. The summed E-state index contributed by atoms with van der Waals surface area (Å²) in [6, 6.07) is 9.56. The highest BCUT2D eigenvalue weighted by atomic mass is 16.6. The third kappa shape index (κ3) is 4.81. The van der Waals surface area contributed by atoms with E-state index in [0.29, 0.717) is 22.5 Å². The molecule has 1 aromatic carbocycles. The predicted octanol–water partition coefficient (Wildman–Crippen LogP) is 6.02. The number of hydrogen-bond donors (Lipinski definition) is 0. The van der Waals surface area contributed by atoms with Crippen LogP contribution in [0.15, 0.2) is 52.9 Å². The van der Waals surface area contributed by atoms with Crippen LogP contribution < -0.4 is 0 Å². The molecule has 0 N–H and O–H groups in total. The number of rotatable bonds is 4. The quantitative estimate of drug-likeness (QED) is 0.592. The Kier molecular flexibility index (Phi) is 6.99. The van der Waals surface area contributed by atoms with E-state index in [4.69, 9.17) is 4.74 Å². The normalized spacial score (nSPS) is 16.0. The number of carbonyl (C=O) groups is 3. The summed E-state index contributed by atoms with van der Waals surface area (Å²) in [5, 5.41) is 0. The van der Waals surface area contributed by atoms with Crippen LogP contribution >= 0.6 is 0 Å². The number of hydrogen-bond acceptors (Lipinski definition) is 4. The van der Waals surface area contributed by atoms with Crippen LogP contribution in [0.5, 0.6) is 0 Å². The summed E-state index contributed by atoms with van der Waals surface area (Å²) in [4.78, 5) is 41.7. The van der Waals surface area contributed by atoms with Gasteiger partial charge >= 0.3 is 6.09 Å². The Morgan fingerprint density at radius 1 is 0.839 bits per heavy atom. The van der Waals surface area contributed by atoms with E-state index < -0.39 is 22.8 Å². The van der Waals surface area contributed by atoms with E-state index in [1.54, 1.807) is 20.8 Å². The molecule has 0 spiro atoms. The minimum atomic E-state index is -0.689. The fourth-order valence-corrected chi connectivity index (χ4v) is 3.89. The largest absolute Gasteiger partial charge is 0.449 e. The summed E-state index contributed by atoms with van der Waals surface area (Å²) < 4.78 is 5.29. The van der Waals surface area contributed by atoms with Crippen molar-refractivity contribution in [2.45, 2.75) is 68.2 Å². The highest BCUT2D eigenvalue weighted by molar-refractivity contribution is 6.09. The second-order valence-electron chi connectivity index (χ2n) is 10.0. The standard InChI is InChI=1S/C26H35NO4/c1-10-31-24(30)27-16(2)19(22(28)25(4,5)6)21(18-14-12-11-13-15-18)20(17(27)3)23(29)26(7,8)9/h11-15,21H,10H2,1-9H3. The maximum absolute atomic E-state index is 13.7. The molecule has 5 nitrogen and oxygen atoms in total. The van der Waals surface area contributed by atoms with Gasteiger partial charge in [0.1, 0.15) is 0 Å². The van der Waals surface area contributed by atoms with Crippen LogP contribution in [0.1, 0.15) is 73.8 Å². The monoisotopic (exact) mass is 425 g/mol. The molecule has 1 heterocycles. The third-order valence-corrected chi connectivity index (χ3v) is 5.46. The van der Waals surface area contributed by atoms with Crippen molar-refractivity contribution in [1.82, 2.24) is 4.90 Å². The molecule has 1 amide bonds. The number of benzene rings is 1. The Hall–Kier alpha value is -2.69. The van der Waals surface area contributed by atoms with Gasteiger partial charge in [-0.2, -0.15) is 0 Å². The molecular formula is C26H35NO4. The molecule has 0 saturated carbocycles. The van der Waals surface area contributed by atoms with Crippen molar-refractivity contribution in [2.24, 2.45) is 10.8 Å². The lowest BCUT2D eigenvalue weighted by Crippen LogP contribution is -2.41. The van der Waals surface area contributed by atoms with Gasteiger partial charge in [0, 0.05) is 39.3 Å².